The highest BCUT2D eigenvalue weighted by atomic mass is 16.5. The number of hydrogen-bond donors (Lipinski definition) is 0. The van der Waals surface area contributed by atoms with Crippen LogP contribution in [-0.2, 0) is 20.8 Å². The fourth-order valence-electron chi connectivity index (χ4n) is 1.01. The van der Waals surface area contributed by atoms with Crippen LogP contribution in [0, 0.1) is 0 Å². The molecule has 0 unspecified atom stereocenters. The Balaban J connectivity index is 1.81. The van der Waals surface area contributed by atoms with E-state index in [9.17, 15) is 0 Å². The lowest BCUT2D eigenvalue weighted by molar-refractivity contribution is 0.0320. The van der Waals surface area contributed by atoms with Crippen LogP contribution >= 0.6 is 0 Å². The highest BCUT2D eigenvalue weighted by Crippen LogP contribution is 1.96. The number of hydrogen-bond acceptors (Lipinski definition) is 5. The van der Waals surface area contributed by atoms with Crippen molar-refractivity contribution < 1.29 is 18.7 Å². The van der Waals surface area contributed by atoms with Gasteiger partial charge in [-0.1, -0.05) is 5.16 Å². The maximum absolute atomic E-state index is 5.31. The minimum absolute atomic E-state index is 0.470. The van der Waals surface area contributed by atoms with E-state index in [4.69, 9.17) is 14.2 Å². The Morgan fingerprint density at radius 1 is 1.20 bits per heavy atom. The quantitative estimate of drug-likeness (QED) is 0.580. The van der Waals surface area contributed by atoms with Crippen molar-refractivity contribution in [2.24, 2.45) is 0 Å². The summed E-state index contributed by atoms with van der Waals surface area (Å²) >= 11 is 0. The van der Waals surface area contributed by atoms with Crippen molar-refractivity contribution >= 4 is 0 Å². The molecular formula is C10H17NO4. The molecule has 86 valence electrons. The maximum Gasteiger partial charge on any atom is 0.124 e. The zero-order valence-corrected chi connectivity index (χ0v) is 8.98. The van der Waals surface area contributed by atoms with Gasteiger partial charge in [0.1, 0.15) is 12.0 Å². The first kappa shape index (κ1) is 12.2. The van der Waals surface area contributed by atoms with Crippen LogP contribution in [-0.4, -0.2) is 38.7 Å². The van der Waals surface area contributed by atoms with E-state index in [1.54, 1.807) is 13.2 Å². The molecule has 15 heavy (non-hydrogen) atoms. The summed E-state index contributed by atoms with van der Waals surface area (Å²) in [6, 6.07) is 1.78. The van der Waals surface area contributed by atoms with Crippen molar-refractivity contribution in [3.05, 3.63) is 18.0 Å². The van der Waals surface area contributed by atoms with Crippen LogP contribution in [0.1, 0.15) is 12.1 Å². The van der Waals surface area contributed by atoms with Crippen LogP contribution < -0.4 is 0 Å². The van der Waals surface area contributed by atoms with Crippen molar-refractivity contribution in [2.75, 3.05) is 33.5 Å². The molecule has 0 radical (unpaired) electrons. The molecule has 0 amide bonds. The molecule has 0 N–H and O–H groups in total. The normalized spacial score (nSPS) is 10.7. The summed E-state index contributed by atoms with van der Waals surface area (Å²) in [4.78, 5) is 0. The van der Waals surface area contributed by atoms with Crippen LogP contribution in [0.2, 0.25) is 0 Å². The van der Waals surface area contributed by atoms with Crippen molar-refractivity contribution in [2.45, 2.75) is 13.0 Å². The summed E-state index contributed by atoms with van der Waals surface area (Å²) in [5.74, 6) is 0. The van der Waals surface area contributed by atoms with Gasteiger partial charge >= 0.3 is 0 Å². The third-order valence-electron chi connectivity index (χ3n) is 1.75. The average Bonchev–Trinajstić information content (AvgIpc) is 2.75. The SMILES string of the molecule is COCCCOCCOCc1ccon1. The first-order chi connectivity index (χ1) is 7.43. The Hall–Kier alpha value is -0.910. The molecule has 1 aromatic rings. The van der Waals surface area contributed by atoms with Gasteiger partial charge in [-0.05, 0) is 6.42 Å². The molecule has 0 saturated heterocycles. The van der Waals surface area contributed by atoms with E-state index in [1.165, 1.54) is 6.26 Å². The van der Waals surface area contributed by atoms with E-state index in [-0.39, 0.29) is 0 Å². The molecule has 1 aromatic heterocycles. The fourth-order valence-corrected chi connectivity index (χ4v) is 1.01. The number of nitrogens with zero attached hydrogens (tertiary/aromatic N) is 1. The minimum atomic E-state index is 0.470. The van der Waals surface area contributed by atoms with E-state index in [2.05, 4.69) is 9.68 Å². The molecule has 5 nitrogen and oxygen atoms in total. The Bertz CT molecular complexity index is 225. The second-order valence-corrected chi connectivity index (χ2v) is 3.00. The van der Waals surface area contributed by atoms with E-state index < -0.39 is 0 Å². The third-order valence-corrected chi connectivity index (χ3v) is 1.75. The van der Waals surface area contributed by atoms with Crippen LogP contribution in [0.25, 0.3) is 0 Å². The van der Waals surface area contributed by atoms with Crippen molar-refractivity contribution in [1.29, 1.82) is 0 Å². The zero-order valence-electron chi connectivity index (χ0n) is 8.98. The summed E-state index contributed by atoms with van der Waals surface area (Å²) in [6.45, 7) is 3.08. The Labute approximate surface area is 89.3 Å². The van der Waals surface area contributed by atoms with Gasteiger partial charge in [0.25, 0.3) is 0 Å². The molecule has 0 aliphatic carbocycles. The minimum Gasteiger partial charge on any atom is -0.385 e. The smallest absolute Gasteiger partial charge is 0.124 e. The van der Waals surface area contributed by atoms with E-state index >= 15 is 0 Å². The fraction of sp³-hybridized carbons (Fsp3) is 0.700. The van der Waals surface area contributed by atoms with E-state index in [0.29, 0.717) is 26.4 Å². The van der Waals surface area contributed by atoms with Gasteiger partial charge < -0.3 is 18.7 Å². The first-order valence-corrected chi connectivity index (χ1v) is 4.97. The monoisotopic (exact) mass is 215 g/mol. The number of rotatable bonds is 9. The first-order valence-electron chi connectivity index (χ1n) is 4.97. The molecule has 0 atom stereocenters. The van der Waals surface area contributed by atoms with E-state index in [0.717, 1.165) is 18.7 Å². The predicted octanol–water partition coefficient (Wildman–Crippen LogP) is 1.24. The van der Waals surface area contributed by atoms with Crippen molar-refractivity contribution in [3.8, 4) is 0 Å². The van der Waals surface area contributed by atoms with Gasteiger partial charge in [0, 0.05) is 26.4 Å². The summed E-state index contributed by atoms with van der Waals surface area (Å²) in [5.41, 5.74) is 0.800. The predicted molar refractivity (Wildman–Crippen MR) is 53.5 cm³/mol. The molecule has 5 heteroatoms. The van der Waals surface area contributed by atoms with Crippen molar-refractivity contribution in [3.63, 3.8) is 0 Å². The molecule has 0 spiro atoms. The van der Waals surface area contributed by atoms with Crippen LogP contribution in [0.3, 0.4) is 0 Å². The molecule has 1 heterocycles. The Kier molecular flexibility index (Phi) is 6.81. The van der Waals surface area contributed by atoms with Gasteiger partial charge in [0.2, 0.25) is 0 Å². The van der Waals surface area contributed by atoms with E-state index in [1.807, 2.05) is 0 Å². The lowest BCUT2D eigenvalue weighted by Gasteiger charge is -2.03. The number of aromatic nitrogens is 1. The molecule has 0 aliphatic rings. The third kappa shape index (κ3) is 6.22. The molecule has 0 bridgehead atoms. The zero-order chi connectivity index (χ0) is 10.8. The van der Waals surface area contributed by atoms with Crippen molar-refractivity contribution in [1.82, 2.24) is 5.16 Å². The lowest BCUT2D eigenvalue weighted by atomic mass is 10.5. The molecule has 0 aromatic carbocycles. The maximum atomic E-state index is 5.31. The summed E-state index contributed by atoms with van der Waals surface area (Å²) in [7, 11) is 1.68. The Morgan fingerprint density at radius 2 is 2.07 bits per heavy atom. The summed E-state index contributed by atoms with van der Waals surface area (Å²) in [5, 5.41) is 3.72. The van der Waals surface area contributed by atoms with Gasteiger partial charge in [-0.15, -0.1) is 0 Å². The molecule has 0 saturated carbocycles. The molecule has 1 rings (SSSR count). The number of methoxy groups -OCH3 is 1. The van der Waals surface area contributed by atoms with Crippen LogP contribution in [0.4, 0.5) is 0 Å². The largest absolute Gasteiger partial charge is 0.385 e. The van der Waals surface area contributed by atoms with Gasteiger partial charge in [-0.3, -0.25) is 0 Å². The Morgan fingerprint density at radius 3 is 2.80 bits per heavy atom. The second kappa shape index (κ2) is 8.40. The molecule has 0 aliphatic heterocycles. The van der Waals surface area contributed by atoms with Crippen LogP contribution in [0.15, 0.2) is 16.9 Å². The van der Waals surface area contributed by atoms with Gasteiger partial charge in [0.15, 0.2) is 0 Å². The highest BCUT2D eigenvalue weighted by Gasteiger charge is 1.95. The molecular weight excluding hydrogens is 198 g/mol. The standard InChI is InChI=1S/C10H17NO4/c1-12-4-2-5-13-7-8-14-9-10-3-6-15-11-10/h3,6H,2,4-5,7-9H2,1H3. The topological polar surface area (TPSA) is 53.7 Å². The summed E-state index contributed by atoms with van der Waals surface area (Å²) < 4.78 is 20.2. The number of ether oxygens (including phenoxy) is 3. The highest BCUT2D eigenvalue weighted by molar-refractivity contribution is 4.92. The van der Waals surface area contributed by atoms with Gasteiger partial charge in [-0.2, -0.15) is 0 Å². The second-order valence-electron chi connectivity index (χ2n) is 3.00. The molecule has 0 fully saturated rings. The average molecular weight is 215 g/mol. The van der Waals surface area contributed by atoms with Gasteiger partial charge in [0.05, 0.1) is 19.8 Å². The van der Waals surface area contributed by atoms with Crippen LogP contribution in [0.5, 0.6) is 0 Å². The lowest BCUT2D eigenvalue weighted by Crippen LogP contribution is -2.06. The summed E-state index contributed by atoms with van der Waals surface area (Å²) in [6.07, 6.45) is 2.44. The van der Waals surface area contributed by atoms with Gasteiger partial charge in [-0.25, -0.2) is 0 Å².